The Morgan fingerprint density at radius 1 is 0.815 bits per heavy atom. The number of nitrogens with zero attached hydrogens (tertiary/aromatic N) is 3. The SMILES string of the molecule is Cc1ccc(C(=O)N2CCN(C(=O)c3cccc4ccccc34)CC2)cn1. The van der Waals surface area contributed by atoms with Gasteiger partial charge in [0.15, 0.2) is 0 Å². The molecule has 0 radical (unpaired) electrons. The van der Waals surface area contributed by atoms with Crippen LogP contribution in [0.2, 0.25) is 0 Å². The van der Waals surface area contributed by atoms with Crippen LogP contribution in [0.5, 0.6) is 0 Å². The number of rotatable bonds is 2. The van der Waals surface area contributed by atoms with E-state index in [-0.39, 0.29) is 11.8 Å². The van der Waals surface area contributed by atoms with Crippen LogP contribution < -0.4 is 0 Å². The molecule has 1 aliphatic heterocycles. The first kappa shape index (κ1) is 17.2. The molecule has 0 atom stereocenters. The van der Waals surface area contributed by atoms with E-state index in [2.05, 4.69) is 4.98 Å². The molecule has 0 spiro atoms. The number of carbonyl (C=O) groups excluding carboxylic acids is 2. The molecule has 0 bridgehead atoms. The number of aryl methyl sites for hydroxylation is 1. The van der Waals surface area contributed by atoms with E-state index < -0.39 is 0 Å². The van der Waals surface area contributed by atoms with Gasteiger partial charge in [-0.05, 0) is 35.9 Å². The molecule has 5 heteroatoms. The van der Waals surface area contributed by atoms with Crippen molar-refractivity contribution in [2.75, 3.05) is 26.2 Å². The quantitative estimate of drug-likeness (QED) is 0.706. The Kier molecular flexibility index (Phi) is 4.59. The van der Waals surface area contributed by atoms with Crippen LogP contribution in [0.15, 0.2) is 60.8 Å². The molecule has 1 aromatic heterocycles. The van der Waals surface area contributed by atoms with Gasteiger partial charge in [0.1, 0.15) is 0 Å². The van der Waals surface area contributed by atoms with Gasteiger partial charge in [0.2, 0.25) is 0 Å². The number of piperazine rings is 1. The summed E-state index contributed by atoms with van der Waals surface area (Å²) in [5.74, 6) is -0.00402. The molecule has 1 fully saturated rings. The summed E-state index contributed by atoms with van der Waals surface area (Å²) in [6.45, 7) is 4.03. The highest BCUT2D eigenvalue weighted by atomic mass is 16.2. The highest BCUT2D eigenvalue weighted by Gasteiger charge is 2.26. The number of carbonyl (C=O) groups is 2. The third-order valence-electron chi connectivity index (χ3n) is 5.03. The first-order valence-electron chi connectivity index (χ1n) is 9.12. The Hall–Kier alpha value is -3.21. The molecule has 0 unspecified atom stereocenters. The minimum absolute atomic E-state index is 0.0240. The fourth-order valence-electron chi connectivity index (χ4n) is 3.47. The standard InChI is InChI=1S/C22H21N3O2/c1-16-9-10-18(15-23-16)21(26)24-11-13-25(14-12-24)22(27)20-8-4-6-17-5-2-3-7-19(17)20/h2-10,15H,11-14H2,1H3. The van der Waals surface area contributed by atoms with E-state index in [9.17, 15) is 9.59 Å². The van der Waals surface area contributed by atoms with Crippen molar-refractivity contribution in [1.29, 1.82) is 0 Å². The molecule has 0 saturated carbocycles. The lowest BCUT2D eigenvalue weighted by molar-refractivity contribution is 0.0536. The lowest BCUT2D eigenvalue weighted by atomic mass is 10.0. The van der Waals surface area contributed by atoms with Gasteiger partial charge in [0.05, 0.1) is 5.56 Å². The highest BCUT2D eigenvalue weighted by molar-refractivity contribution is 6.07. The summed E-state index contributed by atoms with van der Waals surface area (Å²) in [6, 6.07) is 17.4. The lowest BCUT2D eigenvalue weighted by Gasteiger charge is -2.35. The summed E-state index contributed by atoms with van der Waals surface area (Å²) in [4.78, 5) is 33.4. The van der Waals surface area contributed by atoms with Crippen LogP contribution in [0.4, 0.5) is 0 Å². The number of benzene rings is 2. The van der Waals surface area contributed by atoms with Crippen molar-refractivity contribution in [1.82, 2.24) is 14.8 Å². The first-order valence-corrected chi connectivity index (χ1v) is 9.12. The third kappa shape index (κ3) is 3.40. The molecule has 136 valence electrons. The van der Waals surface area contributed by atoms with Crippen molar-refractivity contribution < 1.29 is 9.59 Å². The molecule has 1 saturated heterocycles. The zero-order chi connectivity index (χ0) is 18.8. The van der Waals surface area contributed by atoms with Gasteiger partial charge in [0, 0.05) is 43.6 Å². The zero-order valence-electron chi connectivity index (χ0n) is 15.3. The van der Waals surface area contributed by atoms with Gasteiger partial charge in [-0.1, -0.05) is 36.4 Å². The predicted molar refractivity (Wildman–Crippen MR) is 105 cm³/mol. The number of pyridine rings is 1. The van der Waals surface area contributed by atoms with E-state index in [0.717, 1.165) is 22.0 Å². The average molecular weight is 359 g/mol. The van der Waals surface area contributed by atoms with E-state index in [0.29, 0.717) is 31.7 Å². The predicted octanol–water partition coefficient (Wildman–Crippen LogP) is 3.14. The fraction of sp³-hybridized carbons (Fsp3) is 0.227. The smallest absolute Gasteiger partial charge is 0.255 e. The minimum atomic E-state index is -0.0280. The third-order valence-corrected chi connectivity index (χ3v) is 5.03. The highest BCUT2D eigenvalue weighted by Crippen LogP contribution is 2.21. The van der Waals surface area contributed by atoms with E-state index in [1.165, 1.54) is 0 Å². The average Bonchev–Trinajstić information content (AvgIpc) is 2.73. The fourth-order valence-corrected chi connectivity index (χ4v) is 3.47. The molecular formula is C22H21N3O2. The maximum absolute atomic E-state index is 13.0. The lowest BCUT2D eigenvalue weighted by Crippen LogP contribution is -2.50. The van der Waals surface area contributed by atoms with Crippen molar-refractivity contribution in [2.45, 2.75) is 6.92 Å². The molecule has 0 aliphatic carbocycles. The molecule has 2 amide bonds. The number of hydrogen-bond acceptors (Lipinski definition) is 3. The molecule has 1 aliphatic rings. The van der Waals surface area contributed by atoms with Crippen molar-refractivity contribution in [3.05, 3.63) is 77.6 Å². The Bertz CT molecular complexity index is 985. The summed E-state index contributed by atoms with van der Waals surface area (Å²) in [5.41, 5.74) is 2.20. The Morgan fingerprint density at radius 2 is 1.48 bits per heavy atom. The number of amides is 2. The van der Waals surface area contributed by atoms with Crippen LogP contribution in [0.3, 0.4) is 0 Å². The summed E-state index contributed by atoms with van der Waals surface area (Å²) in [7, 11) is 0. The van der Waals surface area contributed by atoms with E-state index in [1.54, 1.807) is 17.2 Å². The Labute approximate surface area is 158 Å². The number of aromatic nitrogens is 1. The normalized spacial score (nSPS) is 14.4. The molecule has 27 heavy (non-hydrogen) atoms. The van der Waals surface area contributed by atoms with Crippen LogP contribution in [0, 0.1) is 6.92 Å². The van der Waals surface area contributed by atoms with Gasteiger partial charge in [0.25, 0.3) is 11.8 Å². The van der Waals surface area contributed by atoms with Crippen molar-refractivity contribution >= 4 is 22.6 Å². The van der Waals surface area contributed by atoms with Gasteiger partial charge in [-0.3, -0.25) is 14.6 Å². The molecule has 3 aromatic rings. The maximum Gasteiger partial charge on any atom is 0.255 e. The second-order valence-electron chi connectivity index (χ2n) is 6.80. The Morgan fingerprint density at radius 3 is 2.19 bits per heavy atom. The van der Waals surface area contributed by atoms with Crippen LogP contribution in [0.25, 0.3) is 10.8 Å². The second kappa shape index (κ2) is 7.19. The molecular weight excluding hydrogens is 338 g/mol. The zero-order valence-corrected chi connectivity index (χ0v) is 15.3. The van der Waals surface area contributed by atoms with Crippen molar-refractivity contribution in [3.63, 3.8) is 0 Å². The summed E-state index contributed by atoms with van der Waals surface area (Å²) >= 11 is 0. The monoisotopic (exact) mass is 359 g/mol. The number of hydrogen-bond donors (Lipinski definition) is 0. The molecule has 2 aromatic carbocycles. The largest absolute Gasteiger partial charge is 0.335 e. The first-order chi connectivity index (χ1) is 13.1. The van der Waals surface area contributed by atoms with Crippen molar-refractivity contribution in [2.24, 2.45) is 0 Å². The van der Waals surface area contributed by atoms with Crippen LogP contribution >= 0.6 is 0 Å². The second-order valence-corrected chi connectivity index (χ2v) is 6.80. The topological polar surface area (TPSA) is 53.5 Å². The van der Waals surface area contributed by atoms with E-state index in [4.69, 9.17) is 0 Å². The van der Waals surface area contributed by atoms with E-state index in [1.807, 2.05) is 60.4 Å². The van der Waals surface area contributed by atoms with Gasteiger partial charge in [-0.25, -0.2) is 0 Å². The molecule has 5 nitrogen and oxygen atoms in total. The van der Waals surface area contributed by atoms with E-state index >= 15 is 0 Å². The molecule has 0 N–H and O–H groups in total. The van der Waals surface area contributed by atoms with Crippen LogP contribution in [-0.2, 0) is 0 Å². The maximum atomic E-state index is 13.0. The minimum Gasteiger partial charge on any atom is -0.335 e. The van der Waals surface area contributed by atoms with Gasteiger partial charge >= 0.3 is 0 Å². The molecule has 4 rings (SSSR count). The Balaban J connectivity index is 1.46. The van der Waals surface area contributed by atoms with Crippen LogP contribution in [-0.4, -0.2) is 52.8 Å². The molecule has 2 heterocycles. The van der Waals surface area contributed by atoms with Gasteiger partial charge in [-0.15, -0.1) is 0 Å². The van der Waals surface area contributed by atoms with Gasteiger partial charge < -0.3 is 9.80 Å². The van der Waals surface area contributed by atoms with Crippen molar-refractivity contribution in [3.8, 4) is 0 Å². The number of fused-ring (bicyclic) bond motifs is 1. The summed E-state index contributed by atoms with van der Waals surface area (Å²) < 4.78 is 0. The van der Waals surface area contributed by atoms with Crippen LogP contribution in [0.1, 0.15) is 26.4 Å². The van der Waals surface area contributed by atoms with Gasteiger partial charge in [-0.2, -0.15) is 0 Å². The summed E-state index contributed by atoms with van der Waals surface area (Å²) in [5, 5.41) is 2.03. The summed E-state index contributed by atoms with van der Waals surface area (Å²) in [6.07, 6.45) is 1.62.